The zero-order valence-corrected chi connectivity index (χ0v) is 46.6. The monoisotopic (exact) mass is 1130 g/mol. The van der Waals surface area contributed by atoms with E-state index in [0.717, 1.165) is 45.4 Å². The van der Waals surface area contributed by atoms with Crippen LogP contribution in [0.25, 0.3) is 0 Å². The number of aliphatic hydroxyl groups is 3. The molecule has 1 aromatic rings. The van der Waals surface area contributed by atoms with Gasteiger partial charge in [0, 0.05) is 32.4 Å². The van der Waals surface area contributed by atoms with Gasteiger partial charge < -0.3 is 85.1 Å². The Bertz CT molecular complexity index is 2190. The lowest BCUT2D eigenvalue weighted by molar-refractivity contribution is -0.138. The van der Waals surface area contributed by atoms with E-state index < -0.39 is 145 Å². The van der Waals surface area contributed by atoms with Crippen LogP contribution in [-0.4, -0.2) is 172 Å². The second-order valence-corrected chi connectivity index (χ2v) is 19.8. The summed E-state index contributed by atoms with van der Waals surface area (Å²) >= 11 is 0. The smallest absolute Gasteiger partial charge is 0.303 e. The molecular formula is C52H88N14O14. The lowest BCUT2D eigenvalue weighted by Gasteiger charge is -2.29. The van der Waals surface area contributed by atoms with E-state index in [9.17, 15) is 63.3 Å². The Morgan fingerprint density at radius 2 is 0.938 bits per heavy atom. The SMILES string of the molecule is CCCCCCCCCC(=O)N[C@H](C(=O)N[C@H](C(=O)N[C@@H](Cc1ccccc1)C(=O)N[C@@H](CCCNC(=N)N)C(=O)N[C@@H](CO)C(=O)N[C@@H](CO)C(=O)N[C@@H](CCCNC(=N)N)C(=O)N[C@@H](CCC(=O)O)C(C)=O)C(C)C)[C@@H](C)O. The van der Waals surface area contributed by atoms with Gasteiger partial charge in [0.25, 0.3) is 0 Å². The van der Waals surface area contributed by atoms with E-state index in [-0.39, 0.29) is 64.0 Å². The molecule has 8 amide bonds. The molecule has 28 heteroatoms. The molecule has 0 fully saturated rings. The zero-order valence-electron chi connectivity index (χ0n) is 46.6. The van der Waals surface area contributed by atoms with Crippen LogP contribution in [0, 0.1) is 16.7 Å². The predicted molar refractivity (Wildman–Crippen MR) is 295 cm³/mol. The summed E-state index contributed by atoms with van der Waals surface area (Å²) in [7, 11) is 0. The summed E-state index contributed by atoms with van der Waals surface area (Å²) < 4.78 is 0. The van der Waals surface area contributed by atoms with Crippen molar-refractivity contribution in [3.63, 3.8) is 0 Å². The predicted octanol–water partition coefficient (Wildman–Crippen LogP) is -2.75. The van der Waals surface area contributed by atoms with Crippen LogP contribution in [0.5, 0.6) is 0 Å². The number of carboxylic acid groups (broad SMARTS) is 1. The van der Waals surface area contributed by atoms with E-state index in [2.05, 4.69) is 60.1 Å². The van der Waals surface area contributed by atoms with Crippen molar-refractivity contribution in [2.24, 2.45) is 17.4 Å². The molecule has 9 atom stereocenters. The fraction of sp³-hybridized carbons (Fsp3) is 0.654. The molecule has 0 heterocycles. The molecule has 0 spiro atoms. The Hall–Kier alpha value is -7.46. The van der Waals surface area contributed by atoms with E-state index in [1.54, 1.807) is 44.2 Å². The molecule has 0 bridgehead atoms. The Balaban J connectivity index is 3.41. The van der Waals surface area contributed by atoms with Crippen LogP contribution in [0.1, 0.15) is 130 Å². The number of carbonyl (C=O) groups excluding carboxylic acids is 9. The summed E-state index contributed by atoms with van der Waals surface area (Å²) in [6, 6.07) is -3.58. The number of rotatable bonds is 41. The van der Waals surface area contributed by atoms with E-state index in [0.29, 0.717) is 12.0 Å². The molecule has 1 aromatic carbocycles. The third-order valence-electron chi connectivity index (χ3n) is 12.6. The number of nitrogens with two attached hydrogens (primary N) is 2. The standard InChI is InChI=1S/C52H88N14O14/c1-6-7-8-9-10-11-15-22-40(71)65-43(32(5)70)50(80)66-42(30(2)3)49(79)62-37(27-33-18-13-12-14-19-33)46(76)60-36(21-17-26-58-52(55)56)45(75)63-39(29-68)48(78)64-38(28-67)47(77)61-35(20-16-25-57-51(53)54)44(74)59-34(31(4)69)23-24-41(72)73/h12-14,18-19,30,32,34-39,42-43,67-68,70H,6-11,15-17,20-29H2,1-5H3,(H,59,74)(H,60,76)(H,61,77)(H,62,79)(H,63,75)(H,64,78)(H,65,71)(H,66,80)(H,72,73)(H4,53,54,57)(H4,55,56,58)/t32-,34+,35+,36+,37+,38+,39+,42+,43+/m1/s1. The van der Waals surface area contributed by atoms with Gasteiger partial charge in [0.15, 0.2) is 17.7 Å². The molecule has 28 nitrogen and oxygen atoms in total. The number of guanidine groups is 2. The molecule has 0 saturated carbocycles. The van der Waals surface area contributed by atoms with Crippen molar-refractivity contribution in [3.05, 3.63) is 35.9 Å². The van der Waals surface area contributed by atoms with Gasteiger partial charge in [-0.25, -0.2) is 0 Å². The van der Waals surface area contributed by atoms with Crippen molar-refractivity contribution >= 4 is 70.9 Å². The molecule has 0 unspecified atom stereocenters. The van der Waals surface area contributed by atoms with Crippen LogP contribution in [0.2, 0.25) is 0 Å². The number of carboxylic acids is 1. The van der Waals surface area contributed by atoms with Gasteiger partial charge in [-0.05, 0) is 63.9 Å². The maximum Gasteiger partial charge on any atom is 0.303 e. The summed E-state index contributed by atoms with van der Waals surface area (Å²) in [5.74, 6) is -10.6. The second kappa shape index (κ2) is 39.0. The van der Waals surface area contributed by atoms with Gasteiger partial charge in [0.05, 0.1) is 25.4 Å². The minimum Gasteiger partial charge on any atom is -0.481 e. The van der Waals surface area contributed by atoms with E-state index in [1.165, 1.54) is 6.92 Å². The highest BCUT2D eigenvalue weighted by atomic mass is 16.4. The van der Waals surface area contributed by atoms with Crippen LogP contribution < -0.4 is 64.6 Å². The van der Waals surface area contributed by atoms with Crippen molar-refractivity contribution in [2.45, 2.75) is 185 Å². The fourth-order valence-electron chi connectivity index (χ4n) is 7.98. The van der Waals surface area contributed by atoms with Gasteiger partial charge >= 0.3 is 5.97 Å². The van der Waals surface area contributed by atoms with Gasteiger partial charge in [-0.2, -0.15) is 0 Å². The molecule has 20 N–H and O–H groups in total. The largest absolute Gasteiger partial charge is 0.481 e. The summed E-state index contributed by atoms with van der Waals surface area (Å²) in [6.07, 6.45) is 4.49. The highest BCUT2D eigenvalue weighted by molar-refractivity contribution is 5.98. The number of hydrogen-bond donors (Lipinski definition) is 18. The normalized spacial score (nSPS) is 14.4. The summed E-state index contributed by atoms with van der Waals surface area (Å²) in [6.45, 7) is 5.74. The lowest BCUT2D eigenvalue weighted by Crippen LogP contribution is -2.62. The van der Waals surface area contributed by atoms with Crippen LogP contribution in [0.4, 0.5) is 0 Å². The Morgan fingerprint density at radius 3 is 1.38 bits per heavy atom. The number of aliphatic carboxylic acids is 1. The Kier molecular flexibility index (Phi) is 34.4. The Labute approximate surface area is 467 Å². The van der Waals surface area contributed by atoms with Gasteiger partial charge in [0.2, 0.25) is 47.3 Å². The van der Waals surface area contributed by atoms with Gasteiger partial charge in [-0.3, -0.25) is 58.8 Å². The van der Waals surface area contributed by atoms with Crippen molar-refractivity contribution in [1.82, 2.24) is 53.2 Å². The second-order valence-electron chi connectivity index (χ2n) is 19.8. The molecule has 1 rings (SSSR count). The van der Waals surface area contributed by atoms with Crippen LogP contribution in [0.3, 0.4) is 0 Å². The molecule has 80 heavy (non-hydrogen) atoms. The first-order chi connectivity index (χ1) is 37.8. The summed E-state index contributed by atoms with van der Waals surface area (Å²) in [5, 5.41) is 79.9. The number of unbranched alkanes of at least 4 members (excludes halogenated alkanes) is 6. The topological polar surface area (TPSA) is 472 Å². The number of Topliss-reactive ketones (excluding diaryl/α,β-unsaturated/α-hetero) is 1. The number of hydrogen-bond acceptors (Lipinski definition) is 15. The average molecular weight is 1130 g/mol. The zero-order chi connectivity index (χ0) is 60.3. The van der Waals surface area contributed by atoms with Crippen LogP contribution >= 0.6 is 0 Å². The van der Waals surface area contributed by atoms with E-state index in [4.69, 9.17) is 27.4 Å². The quantitative estimate of drug-likeness (QED) is 0.0180. The molecule has 0 aromatic heterocycles. The number of benzene rings is 1. The number of carbonyl (C=O) groups is 10. The van der Waals surface area contributed by atoms with Crippen molar-refractivity contribution in [2.75, 3.05) is 26.3 Å². The minimum atomic E-state index is -1.84. The molecular weight excluding hydrogens is 1040 g/mol. The molecule has 0 aliphatic carbocycles. The summed E-state index contributed by atoms with van der Waals surface area (Å²) in [4.78, 5) is 133. The van der Waals surface area contributed by atoms with Gasteiger partial charge in [0.1, 0.15) is 42.3 Å². The van der Waals surface area contributed by atoms with Crippen molar-refractivity contribution < 1.29 is 68.4 Å². The first-order valence-electron chi connectivity index (χ1n) is 27.1. The first kappa shape index (κ1) is 70.6. The third kappa shape index (κ3) is 29.0. The number of aliphatic hydroxyl groups excluding tert-OH is 3. The molecule has 0 aliphatic heterocycles. The number of ketones is 1. The molecule has 0 saturated heterocycles. The average Bonchev–Trinajstić information content (AvgIpc) is 3.39. The maximum atomic E-state index is 14.4. The van der Waals surface area contributed by atoms with Crippen LogP contribution in [0.15, 0.2) is 30.3 Å². The van der Waals surface area contributed by atoms with Gasteiger partial charge in [-0.1, -0.05) is 89.6 Å². The number of amides is 8. The van der Waals surface area contributed by atoms with Crippen LogP contribution in [-0.2, 0) is 54.4 Å². The number of nitrogens with one attached hydrogen (secondary N) is 12. The fourth-order valence-corrected chi connectivity index (χ4v) is 7.98. The van der Waals surface area contributed by atoms with Gasteiger partial charge in [-0.15, -0.1) is 0 Å². The summed E-state index contributed by atoms with van der Waals surface area (Å²) in [5.41, 5.74) is 11.3. The molecule has 0 aliphatic rings. The minimum absolute atomic E-state index is 0.0309. The highest BCUT2D eigenvalue weighted by Crippen LogP contribution is 2.12. The molecule has 450 valence electrons. The van der Waals surface area contributed by atoms with E-state index >= 15 is 0 Å². The lowest BCUT2D eigenvalue weighted by atomic mass is 9.99. The highest BCUT2D eigenvalue weighted by Gasteiger charge is 2.36. The molecule has 0 radical (unpaired) electrons. The van der Waals surface area contributed by atoms with Crippen molar-refractivity contribution in [3.8, 4) is 0 Å². The third-order valence-corrected chi connectivity index (χ3v) is 12.6. The maximum absolute atomic E-state index is 14.4. The van der Waals surface area contributed by atoms with Crippen molar-refractivity contribution in [1.29, 1.82) is 10.8 Å². The van der Waals surface area contributed by atoms with E-state index in [1.807, 2.05) is 0 Å². The Morgan fingerprint density at radius 1 is 0.512 bits per heavy atom. The first-order valence-corrected chi connectivity index (χ1v) is 27.1.